The van der Waals surface area contributed by atoms with E-state index < -0.39 is 21.7 Å². The number of halogens is 2. The molecule has 3 aromatic carbocycles. The molecule has 162 valence electrons. The van der Waals surface area contributed by atoms with E-state index in [9.17, 15) is 29.8 Å². The average molecular weight is 475 g/mol. The Labute approximate surface area is 190 Å². The van der Waals surface area contributed by atoms with Crippen LogP contribution in [0.1, 0.15) is 20.7 Å². The van der Waals surface area contributed by atoms with Gasteiger partial charge in [-0.15, -0.1) is 0 Å². The van der Waals surface area contributed by atoms with Crippen molar-refractivity contribution in [3.8, 4) is 0 Å². The standard InChI is InChI=1S/C20H12Cl2N4O6/c21-15-7-5-11(9-17(15)25(29)30)23-19(27)13-3-1-2-4-14(13)20(28)24-12-6-8-16(22)18(10-12)26(31)32/h1-10H,(H,23,27)(H,24,28). The summed E-state index contributed by atoms with van der Waals surface area (Å²) in [5, 5.41) is 26.9. The van der Waals surface area contributed by atoms with Crippen LogP contribution in [0.4, 0.5) is 22.7 Å². The van der Waals surface area contributed by atoms with E-state index in [0.29, 0.717) is 0 Å². The van der Waals surface area contributed by atoms with Gasteiger partial charge in [0.2, 0.25) is 0 Å². The Hall–Kier alpha value is -4.02. The molecule has 3 rings (SSSR count). The SMILES string of the molecule is O=C(Nc1ccc(Cl)c([N+](=O)[O-])c1)c1ccccc1C(=O)Nc1ccc(Cl)c([N+](=O)[O-])c1. The number of hydrogen-bond acceptors (Lipinski definition) is 6. The largest absolute Gasteiger partial charge is 0.322 e. The number of nitrogens with zero attached hydrogens (tertiary/aromatic N) is 2. The van der Waals surface area contributed by atoms with E-state index >= 15 is 0 Å². The van der Waals surface area contributed by atoms with Crippen LogP contribution in [0.5, 0.6) is 0 Å². The topological polar surface area (TPSA) is 144 Å². The van der Waals surface area contributed by atoms with E-state index in [2.05, 4.69) is 10.6 Å². The summed E-state index contributed by atoms with van der Waals surface area (Å²) in [6.07, 6.45) is 0. The highest BCUT2D eigenvalue weighted by molar-refractivity contribution is 6.33. The van der Waals surface area contributed by atoms with E-state index in [1.54, 1.807) is 0 Å². The van der Waals surface area contributed by atoms with Gasteiger partial charge in [0.05, 0.1) is 21.0 Å². The number of amides is 2. The summed E-state index contributed by atoms with van der Waals surface area (Å²) in [6, 6.07) is 13.3. The number of rotatable bonds is 6. The zero-order valence-corrected chi connectivity index (χ0v) is 17.4. The van der Waals surface area contributed by atoms with E-state index in [0.717, 1.165) is 12.1 Å². The molecule has 12 heteroatoms. The van der Waals surface area contributed by atoms with Gasteiger partial charge in [-0.2, -0.15) is 0 Å². The molecule has 0 fully saturated rings. The van der Waals surface area contributed by atoms with Crippen LogP contribution in [0.3, 0.4) is 0 Å². The number of nitro benzene ring substituents is 2. The lowest BCUT2D eigenvalue weighted by molar-refractivity contribution is -0.384. The molecule has 0 heterocycles. The maximum absolute atomic E-state index is 12.7. The Morgan fingerprint density at radius 1 is 0.688 bits per heavy atom. The summed E-state index contributed by atoms with van der Waals surface area (Å²) in [5.41, 5.74) is -0.610. The normalized spacial score (nSPS) is 10.3. The number of anilines is 2. The molecule has 0 radical (unpaired) electrons. The van der Waals surface area contributed by atoms with Crippen molar-refractivity contribution in [1.82, 2.24) is 0 Å². The number of carbonyl (C=O) groups is 2. The van der Waals surface area contributed by atoms with Crippen LogP contribution >= 0.6 is 23.2 Å². The van der Waals surface area contributed by atoms with Crippen LogP contribution in [0, 0.1) is 20.2 Å². The van der Waals surface area contributed by atoms with Crippen LogP contribution < -0.4 is 10.6 Å². The van der Waals surface area contributed by atoms with Gasteiger partial charge in [0.1, 0.15) is 10.0 Å². The van der Waals surface area contributed by atoms with Crippen LogP contribution in [0.15, 0.2) is 60.7 Å². The Balaban J connectivity index is 1.86. The molecule has 0 saturated heterocycles. The second-order valence-corrected chi connectivity index (χ2v) is 7.11. The molecule has 0 saturated carbocycles. The van der Waals surface area contributed by atoms with Gasteiger partial charge in [-0.25, -0.2) is 0 Å². The summed E-state index contributed by atoms with van der Waals surface area (Å²) in [7, 11) is 0. The first kappa shape index (κ1) is 22.7. The van der Waals surface area contributed by atoms with Crippen molar-refractivity contribution in [1.29, 1.82) is 0 Å². The van der Waals surface area contributed by atoms with E-state index in [-0.39, 0.29) is 43.9 Å². The molecular weight excluding hydrogens is 463 g/mol. The highest BCUT2D eigenvalue weighted by Crippen LogP contribution is 2.29. The molecule has 10 nitrogen and oxygen atoms in total. The van der Waals surface area contributed by atoms with Gasteiger partial charge in [0.25, 0.3) is 23.2 Å². The van der Waals surface area contributed by atoms with Crippen molar-refractivity contribution in [2.75, 3.05) is 10.6 Å². The molecule has 0 spiro atoms. The summed E-state index contributed by atoms with van der Waals surface area (Å²) in [4.78, 5) is 46.2. The van der Waals surface area contributed by atoms with Gasteiger partial charge in [0, 0.05) is 23.5 Å². The van der Waals surface area contributed by atoms with E-state index in [1.165, 1.54) is 48.5 Å². The Bertz CT molecular complexity index is 1170. The highest BCUT2D eigenvalue weighted by Gasteiger charge is 2.20. The van der Waals surface area contributed by atoms with Gasteiger partial charge in [-0.1, -0.05) is 35.3 Å². The summed E-state index contributed by atoms with van der Waals surface area (Å²) in [5.74, 6) is -1.40. The highest BCUT2D eigenvalue weighted by atomic mass is 35.5. The number of hydrogen-bond donors (Lipinski definition) is 2. The predicted octanol–water partition coefficient (Wildman–Crippen LogP) is 5.31. The molecule has 32 heavy (non-hydrogen) atoms. The minimum Gasteiger partial charge on any atom is -0.322 e. The Morgan fingerprint density at radius 2 is 1.06 bits per heavy atom. The van der Waals surface area contributed by atoms with Gasteiger partial charge in [0.15, 0.2) is 0 Å². The van der Waals surface area contributed by atoms with Crippen LogP contribution in [0.25, 0.3) is 0 Å². The fourth-order valence-corrected chi connectivity index (χ4v) is 3.11. The Morgan fingerprint density at radius 3 is 1.41 bits per heavy atom. The van der Waals surface area contributed by atoms with Crippen LogP contribution in [0.2, 0.25) is 10.0 Å². The second-order valence-electron chi connectivity index (χ2n) is 6.30. The molecular formula is C20H12Cl2N4O6. The predicted molar refractivity (Wildman–Crippen MR) is 119 cm³/mol. The maximum Gasteiger partial charge on any atom is 0.289 e. The molecule has 2 amide bonds. The maximum atomic E-state index is 12.7. The number of carbonyl (C=O) groups excluding carboxylic acids is 2. The number of benzene rings is 3. The van der Waals surface area contributed by atoms with Crippen molar-refractivity contribution in [2.45, 2.75) is 0 Å². The molecule has 0 aliphatic heterocycles. The quantitative estimate of drug-likeness (QED) is 0.365. The fraction of sp³-hybridized carbons (Fsp3) is 0. The van der Waals surface area contributed by atoms with E-state index in [4.69, 9.17) is 23.2 Å². The zero-order valence-electron chi connectivity index (χ0n) is 15.9. The van der Waals surface area contributed by atoms with Crippen molar-refractivity contribution in [3.63, 3.8) is 0 Å². The number of nitrogens with one attached hydrogen (secondary N) is 2. The fourth-order valence-electron chi connectivity index (χ4n) is 2.74. The first-order chi connectivity index (χ1) is 15.2. The third kappa shape index (κ3) is 4.99. The van der Waals surface area contributed by atoms with Crippen molar-refractivity contribution in [3.05, 3.63) is 102 Å². The number of nitro groups is 2. The monoisotopic (exact) mass is 474 g/mol. The molecule has 0 aliphatic carbocycles. The lowest BCUT2D eigenvalue weighted by atomic mass is 10.1. The Kier molecular flexibility index (Phi) is 6.67. The molecule has 0 unspecified atom stereocenters. The van der Waals surface area contributed by atoms with Crippen molar-refractivity contribution < 1.29 is 19.4 Å². The summed E-state index contributed by atoms with van der Waals surface area (Å²) < 4.78 is 0. The summed E-state index contributed by atoms with van der Waals surface area (Å²) in [6.45, 7) is 0. The third-order valence-corrected chi connectivity index (χ3v) is 4.86. The average Bonchev–Trinajstić information content (AvgIpc) is 2.76. The molecule has 3 aromatic rings. The first-order valence-corrected chi connectivity index (χ1v) is 9.52. The zero-order chi connectivity index (χ0) is 23.4. The second kappa shape index (κ2) is 9.41. The van der Waals surface area contributed by atoms with Crippen LogP contribution in [-0.4, -0.2) is 21.7 Å². The van der Waals surface area contributed by atoms with Gasteiger partial charge in [-0.05, 0) is 36.4 Å². The van der Waals surface area contributed by atoms with E-state index in [1.807, 2.05) is 0 Å². The minimum absolute atomic E-state index is 0.0222. The van der Waals surface area contributed by atoms with Gasteiger partial charge in [-0.3, -0.25) is 29.8 Å². The summed E-state index contributed by atoms with van der Waals surface area (Å²) >= 11 is 11.5. The van der Waals surface area contributed by atoms with Crippen molar-refractivity contribution >= 4 is 57.8 Å². The third-order valence-electron chi connectivity index (χ3n) is 4.22. The minimum atomic E-state index is -0.700. The lowest BCUT2D eigenvalue weighted by Gasteiger charge is -2.11. The van der Waals surface area contributed by atoms with Crippen molar-refractivity contribution in [2.24, 2.45) is 0 Å². The smallest absolute Gasteiger partial charge is 0.289 e. The van der Waals surface area contributed by atoms with Gasteiger partial charge >= 0.3 is 0 Å². The molecule has 0 bridgehead atoms. The molecule has 0 atom stereocenters. The molecule has 0 aromatic heterocycles. The lowest BCUT2D eigenvalue weighted by Crippen LogP contribution is -2.20. The van der Waals surface area contributed by atoms with Crippen LogP contribution in [-0.2, 0) is 0 Å². The van der Waals surface area contributed by atoms with Gasteiger partial charge < -0.3 is 10.6 Å². The molecule has 0 aliphatic rings. The molecule has 2 N–H and O–H groups in total. The first-order valence-electron chi connectivity index (χ1n) is 8.77.